The van der Waals surface area contributed by atoms with Crippen LogP contribution >= 0.6 is 15.9 Å². The summed E-state index contributed by atoms with van der Waals surface area (Å²) < 4.78 is 20.3. The van der Waals surface area contributed by atoms with Gasteiger partial charge in [0.15, 0.2) is 0 Å². The number of rotatable bonds is 3. The number of hydrogen-bond donors (Lipinski definition) is 1. The van der Waals surface area contributed by atoms with E-state index in [-0.39, 0.29) is 11.9 Å². The number of fused-ring (bicyclic) bond motifs is 1. The Bertz CT molecular complexity index is 646. The molecule has 2 nitrogen and oxygen atoms in total. The molecule has 2 aromatic carbocycles. The first-order valence-corrected chi connectivity index (χ1v) is 7.87. The number of halogens is 2. The molecule has 2 unspecified atom stereocenters. The Morgan fingerprint density at radius 3 is 2.90 bits per heavy atom. The molecule has 2 atom stereocenters. The van der Waals surface area contributed by atoms with Gasteiger partial charge in [-0.15, -0.1) is 0 Å². The van der Waals surface area contributed by atoms with E-state index in [9.17, 15) is 4.39 Å². The molecule has 0 aliphatic carbocycles. The van der Waals surface area contributed by atoms with Crippen molar-refractivity contribution >= 4 is 15.9 Å². The maximum atomic E-state index is 14.2. The Labute approximate surface area is 132 Å². The average Bonchev–Trinajstić information content (AvgIpc) is 2.50. The quantitative estimate of drug-likeness (QED) is 0.882. The Kier molecular flexibility index (Phi) is 4.27. The molecule has 0 fully saturated rings. The van der Waals surface area contributed by atoms with E-state index in [1.54, 1.807) is 12.1 Å². The van der Waals surface area contributed by atoms with Crippen molar-refractivity contribution in [1.29, 1.82) is 0 Å². The highest BCUT2D eigenvalue weighted by atomic mass is 79.9. The predicted octanol–water partition coefficient (Wildman–Crippen LogP) is 4.54. The van der Waals surface area contributed by atoms with Crippen LogP contribution in [0.15, 0.2) is 46.9 Å². The third-order valence-corrected chi connectivity index (χ3v) is 4.61. The Morgan fingerprint density at radius 2 is 2.05 bits per heavy atom. The molecule has 1 heterocycles. The summed E-state index contributed by atoms with van der Waals surface area (Å²) >= 11 is 3.21. The predicted molar refractivity (Wildman–Crippen MR) is 84.9 cm³/mol. The lowest BCUT2D eigenvalue weighted by molar-refractivity contribution is 0.259. The van der Waals surface area contributed by atoms with Crippen molar-refractivity contribution in [1.82, 2.24) is 0 Å². The largest absolute Gasteiger partial charge is 0.493 e. The highest BCUT2D eigenvalue weighted by Gasteiger charge is 2.25. The SMILES string of the molecule is NC(CC1CCOc2ccccc21)c1cccc(Br)c1F. The first-order chi connectivity index (χ1) is 10.2. The van der Waals surface area contributed by atoms with Gasteiger partial charge in [-0.05, 0) is 52.4 Å². The van der Waals surface area contributed by atoms with Gasteiger partial charge in [0.2, 0.25) is 0 Å². The maximum Gasteiger partial charge on any atom is 0.142 e. The molecule has 110 valence electrons. The summed E-state index contributed by atoms with van der Waals surface area (Å²) in [5.74, 6) is 0.976. The van der Waals surface area contributed by atoms with E-state index >= 15 is 0 Å². The van der Waals surface area contributed by atoms with E-state index in [1.807, 2.05) is 24.3 Å². The smallest absolute Gasteiger partial charge is 0.142 e. The number of hydrogen-bond acceptors (Lipinski definition) is 2. The van der Waals surface area contributed by atoms with Gasteiger partial charge in [-0.3, -0.25) is 0 Å². The van der Waals surface area contributed by atoms with Gasteiger partial charge >= 0.3 is 0 Å². The van der Waals surface area contributed by atoms with Crippen LogP contribution < -0.4 is 10.5 Å². The van der Waals surface area contributed by atoms with Crippen LogP contribution in [-0.2, 0) is 0 Å². The van der Waals surface area contributed by atoms with Crippen LogP contribution in [0.2, 0.25) is 0 Å². The second kappa shape index (κ2) is 6.16. The number of benzene rings is 2. The third kappa shape index (κ3) is 2.97. The van der Waals surface area contributed by atoms with Crippen molar-refractivity contribution in [3.05, 3.63) is 63.9 Å². The van der Waals surface area contributed by atoms with E-state index in [0.29, 0.717) is 29.0 Å². The maximum absolute atomic E-state index is 14.2. The summed E-state index contributed by atoms with van der Waals surface area (Å²) in [7, 11) is 0. The van der Waals surface area contributed by atoms with E-state index in [2.05, 4.69) is 22.0 Å². The fourth-order valence-corrected chi connectivity index (χ4v) is 3.28. The monoisotopic (exact) mass is 349 g/mol. The number of nitrogens with two attached hydrogens (primary N) is 1. The molecule has 0 spiro atoms. The number of ether oxygens (including phenoxy) is 1. The molecule has 2 aromatic rings. The van der Waals surface area contributed by atoms with E-state index in [4.69, 9.17) is 10.5 Å². The molecule has 0 bridgehead atoms. The minimum absolute atomic E-state index is 0.259. The molecule has 0 saturated carbocycles. The highest BCUT2D eigenvalue weighted by molar-refractivity contribution is 9.10. The zero-order valence-electron chi connectivity index (χ0n) is 11.6. The topological polar surface area (TPSA) is 35.2 Å². The van der Waals surface area contributed by atoms with Crippen molar-refractivity contribution in [3.8, 4) is 5.75 Å². The Morgan fingerprint density at radius 1 is 1.24 bits per heavy atom. The molecule has 21 heavy (non-hydrogen) atoms. The molecule has 0 amide bonds. The van der Waals surface area contributed by atoms with Crippen LogP contribution in [0, 0.1) is 5.82 Å². The van der Waals surface area contributed by atoms with Crippen LogP contribution in [0.3, 0.4) is 0 Å². The molecular weight excluding hydrogens is 333 g/mol. The zero-order valence-corrected chi connectivity index (χ0v) is 13.1. The van der Waals surface area contributed by atoms with Crippen molar-refractivity contribution in [2.45, 2.75) is 24.8 Å². The fraction of sp³-hybridized carbons (Fsp3) is 0.294. The lowest BCUT2D eigenvalue weighted by Crippen LogP contribution is -2.20. The van der Waals surface area contributed by atoms with Crippen LogP contribution in [0.5, 0.6) is 5.75 Å². The van der Waals surface area contributed by atoms with Crippen molar-refractivity contribution in [2.24, 2.45) is 5.73 Å². The molecule has 1 aliphatic rings. The molecule has 4 heteroatoms. The molecule has 0 radical (unpaired) electrons. The highest BCUT2D eigenvalue weighted by Crippen LogP contribution is 2.38. The van der Waals surface area contributed by atoms with Gasteiger partial charge in [-0.25, -0.2) is 4.39 Å². The van der Waals surface area contributed by atoms with Crippen LogP contribution in [-0.4, -0.2) is 6.61 Å². The minimum Gasteiger partial charge on any atom is -0.493 e. The van der Waals surface area contributed by atoms with Crippen LogP contribution in [0.4, 0.5) is 4.39 Å². The third-order valence-electron chi connectivity index (χ3n) is 4.00. The molecule has 1 aliphatic heterocycles. The van der Waals surface area contributed by atoms with E-state index in [0.717, 1.165) is 12.2 Å². The van der Waals surface area contributed by atoms with Gasteiger partial charge < -0.3 is 10.5 Å². The zero-order chi connectivity index (χ0) is 14.8. The van der Waals surface area contributed by atoms with Crippen LogP contribution in [0.1, 0.15) is 35.9 Å². The summed E-state index contributed by atoms with van der Waals surface area (Å²) in [5.41, 5.74) is 7.99. The Hall–Kier alpha value is -1.39. The molecular formula is C17H17BrFNO. The van der Waals surface area contributed by atoms with Crippen LogP contribution in [0.25, 0.3) is 0 Å². The lowest BCUT2D eigenvalue weighted by Gasteiger charge is -2.28. The van der Waals surface area contributed by atoms with Gasteiger partial charge in [-0.1, -0.05) is 30.3 Å². The van der Waals surface area contributed by atoms with Crippen molar-refractivity contribution < 1.29 is 9.13 Å². The first-order valence-electron chi connectivity index (χ1n) is 7.08. The average molecular weight is 350 g/mol. The number of para-hydroxylation sites is 1. The molecule has 0 aromatic heterocycles. The summed E-state index contributed by atoms with van der Waals surface area (Å²) in [6, 6.07) is 13.0. The molecule has 2 N–H and O–H groups in total. The first kappa shape index (κ1) is 14.5. The van der Waals surface area contributed by atoms with Gasteiger partial charge in [0.25, 0.3) is 0 Å². The van der Waals surface area contributed by atoms with Crippen molar-refractivity contribution in [2.75, 3.05) is 6.61 Å². The molecule has 0 saturated heterocycles. The van der Waals surface area contributed by atoms with Gasteiger partial charge in [0, 0.05) is 11.6 Å². The van der Waals surface area contributed by atoms with E-state index in [1.165, 1.54) is 5.56 Å². The second-order valence-corrected chi connectivity index (χ2v) is 6.21. The summed E-state index contributed by atoms with van der Waals surface area (Å²) in [6.07, 6.45) is 1.63. The summed E-state index contributed by atoms with van der Waals surface area (Å²) in [4.78, 5) is 0. The fourth-order valence-electron chi connectivity index (χ4n) is 2.90. The van der Waals surface area contributed by atoms with Gasteiger partial charge in [0.05, 0.1) is 11.1 Å². The Balaban J connectivity index is 1.83. The van der Waals surface area contributed by atoms with Gasteiger partial charge in [-0.2, -0.15) is 0 Å². The normalized spacial score (nSPS) is 18.7. The second-order valence-electron chi connectivity index (χ2n) is 5.36. The standard InChI is InChI=1S/C17H17BrFNO/c18-14-6-3-5-13(17(14)19)15(20)10-11-8-9-21-16-7-2-1-4-12(11)16/h1-7,11,15H,8-10,20H2. The summed E-state index contributed by atoms with van der Waals surface area (Å²) in [6.45, 7) is 0.690. The minimum atomic E-state index is -0.321. The summed E-state index contributed by atoms with van der Waals surface area (Å²) in [5, 5.41) is 0. The van der Waals surface area contributed by atoms with Crippen molar-refractivity contribution in [3.63, 3.8) is 0 Å². The molecule has 3 rings (SSSR count). The van der Waals surface area contributed by atoms with Gasteiger partial charge in [0.1, 0.15) is 11.6 Å². The van der Waals surface area contributed by atoms with E-state index < -0.39 is 0 Å². The lowest BCUT2D eigenvalue weighted by atomic mass is 9.86.